The number of piperidine rings is 1. The molecule has 2 aromatic heterocycles. The highest BCUT2D eigenvalue weighted by molar-refractivity contribution is 5.81. The molecule has 1 aliphatic heterocycles. The molecule has 3 rings (SSSR count). The number of nitrogens with zero attached hydrogens (tertiary/aromatic N) is 3. The summed E-state index contributed by atoms with van der Waals surface area (Å²) >= 11 is 0. The fraction of sp³-hybridized carbons (Fsp3) is 0.625. The Kier molecular flexibility index (Phi) is 4.10. The fourth-order valence-corrected chi connectivity index (χ4v) is 3.28. The van der Waals surface area contributed by atoms with Gasteiger partial charge in [-0.2, -0.15) is 5.10 Å². The third kappa shape index (κ3) is 3.18. The minimum atomic E-state index is 0.442. The van der Waals surface area contributed by atoms with Crippen molar-refractivity contribution < 1.29 is 0 Å². The van der Waals surface area contributed by atoms with Crippen molar-refractivity contribution in [2.45, 2.75) is 51.6 Å². The fourth-order valence-electron chi connectivity index (χ4n) is 3.28. The second-order valence-electron chi connectivity index (χ2n) is 6.23. The SMILES string of the molecule is Cc1nn(C)c2ncc(NC(C)CC3CCCCN3)cc12. The molecule has 1 saturated heterocycles. The molecule has 0 radical (unpaired) electrons. The highest BCUT2D eigenvalue weighted by atomic mass is 15.3. The monoisotopic (exact) mass is 287 g/mol. The smallest absolute Gasteiger partial charge is 0.157 e. The number of aryl methyl sites for hydroxylation is 2. The van der Waals surface area contributed by atoms with Crippen LogP contribution in [0.15, 0.2) is 12.3 Å². The Labute approximate surface area is 126 Å². The van der Waals surface area contributed by atoms with E-state index in [1.807, 2.05) is 24.9 Å². The quantitative estimate of drug-likeness (QED) is 0.907. The number of rotatable bonds is 4. The van der Waals surface area contributed by atoms with Gasteiger partial charge in [0.15, 0.2) is 5.65 Å². The lowest BCUT2D eigenvalue weighted by molar-refractivity contribution is 0.371. The number of nitrogens with one attached hydrogen (secondary N) is 2. The van der Waals surface area contributed by atoms with E-state index in [0.717, 1.165) is 28.8 Å². The van der Waals surface area contributed by atoms with Crippen molar-refractivity contribution in [2.75, 3.05) is 11.9 Å². The zero-order chi connectivity index (χ0) is 14.8. The summed E-state index contributed by atoms with van der Waals surface area (Å²) in [6.45, 7) is 5.44. The first-order valence-electron chi connectivity index (χ1n) is 7.93. The van der Waals surface area contributed by atoms with Crippen LogP contribution in [-0.2, 0) is 7.05 Å². The minimum Gasteiger partial charge on any atom is -0.381 e. The van der Waals surface area contributed by atoms with Gasteiger partial charge in [-0.3, -0.25) is 4.68 Å². The lowest BCUT2D eigenvalue weighted by atomic mass is 9.99. The van der Waals surface area contributed by atoms with Crippen LogP contribution in [0, 0.1) is 6.92 Å². The largest absolute Gasteiger partial charge is 0.381 e. The molecular weight excluding hydrogens is 262 g/mol. The van der Waals surface area contributed by atoms with Crippen LogP contribution >= 0.6 is 0 Å². The van der Waals surface area contributed by atoms with Gasteiger partial charge in [-0.25, -0.2) is 4.98 Å². The summed E-state index contributed by atoms with van der Waals surface area (Å²) in [5.74, 6) is 0. The van der Waals surface area contributed by atoms with Gasteiger partial charge in [0.25, 0.3) is 0 Å². The molecule has 0 spiro atoms. The van der Waals surface area contributed by atoms with Gasteiger partial charge in [-0.05, 0) is 45.7 Å². The first kappa shape index (κ1) is 14.3. The molecule has 0 aromatic carbocycles. The molecule has 1 fully saturated rings. The molecule has 21 heavy (non-hydrogen) atoms. The first-order valence-corrected chi connectivity index (χ1v) is 7.93. The number of anilines is 1. The summed E-state index contributed by atoms with van der Waals surface area (Å²) in [5, 5.41) is 12.7. The van der Waals surface area contributed by atoms with E-state index in [-0.39, 0.29) is 0 Å². The second-order valence-corrected chi connectivity index (χ2v) is 6.23. The van der Waals surface area contributed by atoms with Crippen molar-refractivity contribution >= 4 is 16.7 Å². The average Bonchev–Trinajstić information content (AvgIpc) is 2.74. The molecule has 0 amide bonds. The molecule has 2 N–H and O–H groups in total. The van der Waals surface area contributed by atoms with Crippen LogP contribution in [0.1, 0.15) is 38.3 Å². The van der Waals surface area contributed by atoms with E-state index in [4.69, 9.17) is 0 Å². The number of hydrogen-bond donors (Lipinski definition) is 2. The summed E-state index contributed by atoms with van der Waals surface area (Å²) in [6.07, 6.45) is 7.04. The van der Waals surface area contributed by atoms with Gasteiger partial charge in [0.1, 0.15) is 0 Å². The summed E-state index contributed by atoms with van der Waals surface area (Å²) in [5.41, 5.74) is 3.06. The Hall–Kier alpha value is -1.62. The van der Waals surface area contributed by atoms with Crippen LogP contribution in [0.2, 0.25) is 0 Å². The van der Waals surface area contributed by atoms with E-state index in [9.17, 15) is 0 Å². The van der Waals surface area contributed by atoms with Gasteiger partial charge in [0, 0.05) is 24.5 Å². The summed E-state index contributed by atoms with van der Waals surface area (Å²) in [7, 11) is 1.94. The van der Waals surface area contributed by atoms with Crippen molar-refractivity contribution in [2.24, 2.45) is 7.05 Å². The summed E-state index contributed by atoms with van der Waals surface area (Å²) in [4.78, 5) is 4.52. The molecule has 0 bridgehead atoms. The maximum atomic E-state index is 4.52. The van der Waals surface area contributed by atoms with Gasteiger partial charge in [0.05, 0.1) is 17.6 Å². The zero-order valence-electron chi connectivity index (χ0n) is 13.2. The first-order chi connectivity index (χ1) is 10.1. The van der Waals surface area contributed by atoms with Crippen molar-refractivity contribution in [3.05, 3.63) is 18.0 Å². The molecule has 5 heteroatoms. The van der Waals surface area contributed by atoms with Gasteiger partial charge in [-0.1, -0.05) is 6.42 Å². The van der Waals surface area contributed by atoms with Crippen molar-refractivity contribution in [1.29, 1.82) is 0 Å². The molecule has 114 valence electrons. The highest BCUT2D eigenvalue weighted by Gasteiger charge is 2.16. The highest BCUT2D eigenvalue weighted by Crippen LogP contribution is 2.21. The van der Waals surface area contributed by atoms with Gasteiger partial charge < -0.3 is 10.6 Å². The maximum Gasteiger partial charge on any atom is 0.157 e. The van der Waals surface area contributed by atoms with E-state index in [2.05, 4.69) is 33.7 Å². The third-order valence-electron chi connectivity index (χ3n) is 4.33. The Balaban J connectivity index is 1.67. The predicted octanol–water partition coefficient (Wildman–Crippen LogP) is 2.61. The lowest BCUT2D eigenvalue weighted by Crippen LogP contribution is -2.37. The number of pyridine rings is 1. The van der Waals surface area contributed by atoms with Crippen molar-refractivity contribution in [3.8, 4) is 0 Å². The molecule has 2 aromatic rings. The second kappa shape index (κ2) is 6.02. The lowest BCUT2D eigenvalue weighted by Gasteiger charge is -2.27. The van der Waals surface area contributed by atoms with Gasteiger partial charge >= 0.3 is 0 Å². The van der Waals surface area contributed by atoms with E-state index < -0.39 is 0 Å². The number of fused-ring (bicyclic) bond motifs is 1. The average molecular weight is 287 g/mol. The Morgan fingerprint density at radius 3 is 3.10 bits per heavy atom. The molecular formula is C16H25N5. The number of hydrogen-bond acceptors (Lipinski definition) is 4. The normalized spacial score (nSPS) is 20.6. The molecule has 5 nitrogen and oxygen atoms in total. The van der Waals surface area contributed by atoms with E-state index in [1.54, 1.807) is 0 Å². The van der Waals surface area contributed by atoms with Crippen LogP contribution in [0.5, 0.6) is 0 Å². The van der Waals surface area contributed by atoms with Crippen LogP contribution in [0.25, 0.3) is 11.0 Å². The third-order valence-corrected chi connectivity index (χ3v) is 4.33. The zero-order valence-corrected chi connectivity index (χ0v) is 13.2. The number of aromatic nitrogens is 3. The maximum absolute atomic E-state index is 4.52. The molecule has 0 saturated carbocycles. The topological polar surface area (TPSA) is 54.8 Å². The van der Waals surface area contributed by atoms with E-state index in [1.165, 1.54) is 25.8 Å². The van der Waals surface area contributed by atoms with Gasteiger partial charge in [0.2, 0.25) is 0 Å². The van der Waals surface area contributed by atoms with Crippen LogP contribution < -0.4 is 10.6 Å². The Morgan fingerprint density at radius 1 is 1.48 bits per heavy atom. The van der Waals surface area contributed by atoms with Crippen LogP contribution in [-0.4, -0.2) is 33.4 Å². The summed E-state index contributed by atoms with van der Waals surface area (Å²) in [6, 6.07) is 3.25. The van der Waals surface area contributed by atoms with Gasteiger partial charge in [-0.15, -0.1) is 0 Å². The molecule has 3 heterocycles. The standard InChI is InChI=1S/C16H25N5/c1-11(8-13-6-4-5-7-17-13)19-14-9-15-12(2)20-21(3)16(15)18-10-14/h9-11,13,17,19H,4-8H2,1-3H3. The molecule has 1 aliphatic rings. The predicted molar refractivity (Wildman–Crippen MR) is 86.6 cm³/mol. The van der Waals surface area contributed by atoms with Crippen molar-refractivity contribution in [1.82, 2.24) is 20.1 Å². The van der Waals surface area contributed by atoms with Crippen LogP contribution in [0.4, 0.5) is 5.69 Å². The molecule has 0 aliphatic carbocycles. The van der Waals surface area contributed by atoms with Crippen molar-refractivity contribution in [3.63, 3.8) is 0 Å². The Morgan fingerprint density at radius 2 is 2.33 bits per heavy atom. The molecule has 2 atom stereocenters. The molecule has 2 unspecified atom stereocenters. The summed E-state index contributed by atoms with van der Waals surface area (Å²) < 4.78 is 1.84. The van der Waals surface area contributed by atoms with Crippen LogP contribution in [0.3, 0.4) is 0 Å². The van der Waals surface area contributed by atoms with E-state index in [0.29, 0.717) is 12.1 Å². The minimum absolute atomic E-state index is 0.442. The van der Waals surface area contributed by atoms with E-state index >= 15 is 0 Å². The Bertz CT molecular complexity index is 612.